The minimum Gasteiger partial charge on any atom is -0.340 e. The van der Waals surface area contributed by atoms with Crippen LogP contribution in [0.1, 0.15) is 25.1 Å². The molecule has 2 heterocycles. The zero-order valence-corrected chi connectivity index (χ0v) is 13.3. The molecule has 2 aromatic heterocycles. The van der Waals surface area contributed by atoms with Crippen molar-refractivity contribution in [1.29, 1.82) is 0 Å². The molecule has 1 amide bonds. The SMILES string of the molecule is CCc1c(C)nc2ncnn2c1Nc1ccc(NC(C)=O)cc1. The fraction of sp³-hybridized carbons (Fsp3) is 0.250. The fourth-order valence-electron chi connectivity index (χ4n) is 2.51. The largest absolute Gasteiger partial charge is 0.340 e. The summed E-state index contributed by atoms with van der Waals surface area (Å²) < 4.78 is 1.70. The highest BCUT2D eigenvalue weighted by Gasteiger charge is 2.13. The Morgan fingerprint density at radius 2 is 1.91 bits per heavy atom. The molecule has 0 unspecified atom stereocenters. The van der Waals surface area contributed by atoms with Gasteiger partial charge in [0.1, 0.15) is 12.1 Å². The van der Waals surface area contributed by atoms with Gasteiger partial charge in [0.05, 0.1) is 0 Å². The summed E-state index contributed by atoms with van der Waals surface area (Å²) in [6.45, 7) is 5.54. The van der Waals surface area contributed by atoms with Crippen molar-refractivity contribution in [3.05, 3.63) is 41.9 Å². The summed E-state index contributed by atoms with van der Waals surface area (Å²) in [4.78, 5) is 19.7. The van der Waals surface area contributed by atoms with E-state index in [0.29, 0.717) is 5.78 Å². The van der Waals surface area contributed by atoms with Crippen LogP contribution >= 0.6 is 0 Å². The maximum absolute atomic E-state index is 11.1. The summed E-state index contributed by atoms with van der Waals surface area (Å²) in [7, 11) is 0. The number of anilines is 3. The van der Waals surface area contributed by atoms with Gasteiger partial charge in [-0.05, 0) is 37.6 Å². The first kappa shape index (κ1) is 15.0. The maximum Gasteiger partial charge on any atom is 0.254 e. The molecule has 7 nitrogen and oxygen atoms in total. The lowest BCUT2D eigenvalue weighted by atomic mass is 10.1. The van der Waals surface area contributed by atoms with Crippen LogP contribution in [-0.2, 0) is 11.2 Å². The number of benzene rings is 1. The van der Waals surface area contributed by atoms with Gasteiger partial charge >= 0.3 is 0 Å². The fourth-order valence-corrected chi connectivity index (χ4v) is 2.51. The van der Waals surface area contributed by atoms with Crippen molar-refractivity contribution in [2.75, 3.05) is 10.6 Å². The molecular formula is C16H18N6O. The number of aromatic nitrogens is 4. The van der Waals surface area contributed by atoms with Gasteiger partial charge in [0, 0.05) is 29.6 Å². The molecule has 23 heavy (non-hydrogen) atoms. The summed E-state index contributed by atoms with van der Waals surface area (Å²) in [5, 5.41) is 10.4. The molecule has 0 atom stereocenters. The number of carbonyl (C=O) groups excluding carboxylic acids is 1. The quantitative estimate of drug-likeness (QED) is 0.774. The number of hydrogen-bond acceptors (Lipinski definition) is 5. The number of rotatable bonds is 4. The normalized spacial score (nSPS) is 10.7. The Balaban J connectivity index is 1.97. The number of aryl methyl sites for hydroxylation is 1. The van der Waals surface area contributed by atoms with Crippen LogP contribution in [-0.4, -0.2) is 25.5 Å². The van der Waals surface area contributed by atoms with Crippen molar-refractivity contribution in [3.8, 4) is 0 Å². The minimum absolute atomic E-state index is 0.0898. The van der Waals surface area contributed by atoms with Crippen LogP contribution in [0.3, 0.4) is 0 Å². The molecule has 0 spiro atoms. The third kappa shape index (κ3) is 2.98. The topological polar surface area (TPSA) is 84.2 Å². The van der Waals surface area contributed by atoms with Gasteiger partial charge < -0.3 is 10.6 Å². The Kier molecular flexibility index (Phi) is 3.92. The second-order valence-corrected chi connectivity index (χ2v) is 5.23. The van der Waals surface area contributed by atoms with Crippen molar-refractivity contribution in [2.24, 2.45) is 0 Å². The monoisotopic (exact) mass is 310 g/mol. The van der Waals surface area contributed by atoms with E-state index in [1.807, 2.05) is 31.2 Å². The summed E-state index contributed by atoms with van der Waals surface area (Å²) >= 11 is 0. The average molecular weight is 310 g/mol. The van der Waals surface area contributed by atoms with E-state index in [-0.39, 0.29) is 5.91 Å². The summed E-state index contributed by atoms with van der Waals surface area (Å²) in [6.07, 6.45) is 2.33. The first-order valence-electron chi connectivity index (χ1n) is 7.42. The highest BCUT2D eigenvalue weighted by molar-refractivity contribution is 5.88. The van der Waals surface area contributed by atoms with E-state index >= 15 is 0 Å². The average Bonchev–Trinajstić information content (AvgIpc) is 2.97. The predicted molar refractivity (Wildman–Crippen MR) is 88.9 cm³/mol. The molecule has 0 aliphatic carbocycles. The van der Waals surface area contributed by atoms with Gasteiger partial charge in [-0.2, -0.15) is 14.6 Å². The molecule has 0 saturated carbocycles. The van der Waals surface area contributed by atoms with Crippen LogP contribution in [0.15, 0.2) is 30.6 Å². The van der Waals surface area contributed by atoms with E-state index in [9.17, 15) is 4.79 Å². The van der Waals surface area contributed by atoms with Crippen molar-refractivity contribution in [2.45, 2.75) is 27.2 Å². The molecule has 1 aromatic carbocycles. The first-order chi connectivity index (χ1) is 11.1. The summed E-state index contributed by atoms with van der Waals surface area (Å²) in [6, 6.07) is 7.51. The Hall–Kier alpha value is -2.96. The zero-order chi connectivity index (χ0) is 16.4. The molecule has 3 rings (SSSR count). The summed E-state index contributed by atoms with van der Waals surface area (Å²) in [5.74, 6) is 1.34. The third-order valence-electron chi connectivity index (χ3n) is 3.55. The Labute approximate surface area is 133 Å². The van der Waals surface area contributed by atoms with E-state index < -0.39 is 0 Å². The standard InChI is InChI=1S/C16H18N6O/c1-4-14-10(2)19-16-17-9-18-22(16)15(14)21-13-7-5-12(6-8-13)20-11(3)23/h5-9,21H,4H2,1-3H3,(H,20,23). The van der Waals surface area contributed by atoms with Gasteiger partial charge in [0.15, 0.2) is 0 Å². The first-order valence-corrected chi connectivity index (χ1v) is 7.42. The van der Waals surface area contributed by atoms with Crippen LogP contribution in [0.2, 0.25) is 0 Å². The van der Waals surface area contributed by atoms with Crippen molar-refractivity contribution in [3.63, 3.8) is 0 Å². The minimum atomic E-state index is -0.0898. The molecule has 118 valence electrons. The lowest BCUT2D eigenvalue weighted by Gasteiger charge is -2.14. The molecule has 0 bridgehead atoms. The number of amides is 1. The molecule has 0 radical (unpaired) electrons. The zero-order valence-electron chi connectivity index (χ0n) is 13.3. The van der Waals surface area contributed by atoms with E-state index in [0.717, 1.165) is 34.9 Å². The Morgan fingerprint density at radius 3 is 2.57 bits per heavy atom. The molecular weight excluding hydrogens is 292 g/mol. The van der Waals surface area contributed by atoms with Gasteiger partial charge in [-0.15, -0.1) is 0 Å². The second kappa shape index (κ2) is 6.04. The smallest absolute Gasteiger partial charge is 0.254 e. The van der Waals surface area contributed by atoms with Crippen LogP contribution < -0.4 is 10.6 Å². The molecule has 3 aromatic rings. The highest BCUT2D eigenvalue weighted by atomic mass is 16.1. The van der Waals surface area contributed by atoms with Crippen LogP contribution in [0.25, 0.3) is 5.78 Å². The molecule has 2 N–H and O–H groups in total. The maximum atomic E-state index is 11.1. The number of nitrogens with zero attached hydrogens (tertiary/aromatic N) is 4. The number of carbonyl (C=O) groups is 1. The number of nitrogens with one attached hydrogen (secondary N) is 2. The van der Waals surface area contributed by atoms with Gasteiger partial charge in [-0.3, -0.25) is 4.79 Å². The van der Waals surface area contributed by atoms with Crippen LogP contribution in [0, 0.1) is 6.92 Å². The van der Waals surface area contributed by atoms with Crippen LogP contribution in [0.5, 0.6) is 0 Å². The lowest BCUT2D eigenvalue weighted by molar-refractivity contribution is -0.114. The van der Waals surface area contributed by atoms with Crippen molar-refractivity contribution in [1.82, 2.24) is 19.6 Å². The lowest BCUT2D eigenvalue weighted by Crippen LogP contribution is -2.08. The summed E-state index contributed by atoms with van der Waals surface area (Å²) in [5.41, 5.74) is 3.69. The van der Waals surface area contributed by atoms with E-state index in [4.69, 9.17) is 0 Å². The van der Waals surface area contributed by atoms with Crippen LogP contribution in [0.4, 0.5) is 17.2 Å². The van der Waals surface area contributed by atoms with Gasteiger partial charge in [-0.1, -0.05) is 6.92 Å². The number of hydrogen-bond donors (Lipinski definition) is 2. The Morgan fingerprint density at radius 1 is 1.22 bits per heavy atom. The second-order valence-electron chi connectivity index (χ2n) is 5.23. The highest BCUT2D eigenvalue weighted by Crippen LogP contribution is 2.24. The Bertz CT molecular complexity index is 853. The van der Waals surface area contributed by atoms with E-state index in [1.165, 1.54) is 13.3 Å². The van der Waals surface area contributed by atoms with Gasteiger partial charge in [0.25, 0.3) is 5.78 Å². The molecule has 0 saturated heterocycles. The van der Waals surface area contributed by atoms with Crippen molar-refractivity contribution >= 4 is 28.9 Å². The van der Waals surface area contributed by atoms with Gasteiger partial charge in [0.2, 0.25) is 5.91 Å². The molecule has 7 heteroatoms. The van der Waals surface area contributed by atoms with Crippen molar-refractivity contribution < 1.29 is 4.79 Å². The molecule has 0 aliphatic heterocycles. The van der Waals surface area contributed by atoms with Gasteiger partial charge in [-0.25, -0.2) is 4.98 Å². The number of fused-ring (bicyclic) bond motifs is 1. The third-order valence-corrected chi connectivity index (χ3v) is 3.55. The molecule has 0 fully saturated rings. The van der Waals surface area contributed by atoms with E-state index in [1.54, 1.807) is 4.52 Å². The molecule has 0 aliphatic rings. The van der Waals surface area contributed by atoms with E-state index in [2.05, 4.69) is 32.6 Å². The predicted octanol–water partition coefficient (Wildman–Crippen LogP) is 2.70.